The Morgan fingerprint density at radius 2 is 1.68 bits per heavy atom. The molecule has 2 aromatic carbocycles. The van der Waals surface area contributed by atoms with E-state index in [1.807, 2.05) is 0 Å². The van der Waals surface area contributed by atoms with E-state index in [2.05, 4.69) is 0 Å². The molecule has 5 heteroatoms. The topological polar surface area (TPSA) is 40.5 Å². The molecule has 1 amide bonds. The van der Waals surface area contributed by atoms with E-state index in [-0.39, 0.29) is 5.75 Å². The van der Waals surface area contributed by atoms with Crippen LogP contribution in [0.4, 0.5) is 14.5 Å². The number of phenols is 1. The number of hydrogen-bond acceptors (Lipinski definition) is 2. The summed E-state index contributed by atoms with van der Waals surface area (Å²) in [5, 5.41) is 9.34. The van der Waals surface area contributed by atoms with E-state index in [4.69, 9.17) is 0 Å². The van der Waals surface area contributed by atoms with Gasteiger partial charge in [0, 0.05) is 18.8 Å². The Morgan fingerprint density at radius 3 is 2.26 bits per heavy atom. The Hall–Kier alpha value is -2.43. The zero-order valence-electron chi connectivity index (χ0n) is 10.1. The molecular formula is C14H11F2NO2. The van der Waals surface area contributed by atoms with Crippen molar-refractivity contribution in [2.24, 2.45) is 0 Å². The lowest BCUT2D eigenvalue weighted by molar-refractivity contribution is 0.0985. The van der Waals surface area contributed by atoms with Gasteiger partial charge in [-0.05, 0) is 24.3 Å². The Balaban J connectivity index is 2.39. The van der Waals surface area contributed by atoms with Crippen LogP contribution in [-0.4, -0.2) is 18.1 Å². The number of amides is 1. The molecule has 2 rings (SSSR count). The van der Waals surface area contributed by atoms with Gasteiger partial charge in [0.2, 0.25) is 0 Å². The monoisotopic (exact) mass is 263 g/mol. The van der Waals surface area contributed by atoms with Gasteiger partial charge in [0.15, 0.2) is 0 Å². The molecule has 0 saturated carbocycles. The predicted molar refractivity (Wildman–Crippen MR) is 67.2 cm³/mol. The number of rotatable bonds is 2. The lowest BCUT2D eigenvalue weighted by atomic mass is 10.1. The Bertz CT molecular complexity index is 608. The minimum Gasteiger partial charge on any atom is -0.508 e. The highest BCUT2D eigenvalue weighted by atomic mass is 19.1. The summed E-state index contributed by atoms with van der Waals surface area (Å²) in [6, 6.07) is 9.08. The number of aromatic hydroxyl groups is 1. The standard InChI is InChI=1S/C14H11F2NO2/c1-17(9-4-2-5-10(18)8-9)14(19)13-11(15)6-3-7-12(13)16/h2-8,18H,1H3. The maximum atomic E-state index is 13.5. The molecule has 98 valence electrons. The summed E-state index contributed by atoms with van der Waals surface area (Å²) in [6.07, 6.45) is 0. The fraction of sp³-hybridized carbons (Fsp3) is 0.0714. The highest BCUT2D eigenvalue weighted by Gasteiger charge is 2.21. The molecule has 0 aliphatic heterocycles. The molecule has 0 unspecified atom stereocenters. The molecule has 0 fully saturated rings. The third-order valence-electron chi connectivity index (χ3n) is 2.70. The van der Waals surface area contributed by atoms with Crippen LogP contribution in [0.25, 0.3) is 0 Å². The molecule has 2 aromatic rings. The second kappa shape index (κ2) is 5.06. The Labute approximate surface area is 108 Å². The molecule has 19 heavy (non-hydrogen) atoms. The normalized spacial score (nSPS) is 10.3. The van der Waals surface area contributed by atoms with Crippen LogP contribution in [-0.2, 0) is 0 Å². The van der Waals surface area contributed by atoms with E-state index in [1.165, 1.54) is 31.3 Å². The first-order valence-corrected chi connectivity index (χ1v) is 5.52. The minimum atomic E-state index is -0.919. The van der Waals surface area contributed by atoms with Crippen LogP contribution in [0.1, 0.15) is 10.4 Å². The smallest absolute Gasteiger partial charge is 0.263 e. The lowest BCUT2D eigenvalue weighted by Crippen LogP contribution is -2.28. The van der Waals surface area contributed by atoms with Gasteiger partial charge >= 0.3 is 0 Å². The summed E-state index contributed by atoms with van der Waals surface area (Å²) < 4.78 is 27.0. The molecule has 0 spiro atoms. The van der Waals surface area contributed by atoms with E-state index >= 15 is 0 Å². The van der Waals surface area contributed by atoms with E-state index in [9.17, 15) is 18.7 Å². The van der Waals surface area contributed by atoms with Crippen molar-refractivity contribution < 1.29 is 18.7 Å². The maximum Gasteiger partial charge on any atom is 0.263 e. The van der Waals surface area contributed by atoms with Gasteiger partial charge in [0.1, 0.15) is 22.9 Å². The number of benzene rings is 2. The average Bonchev–Trinajstić information content (AvgIpc) is 2.37. The molecule has 0 aliphatic rings. The van der Waals surface area contributed by atoms with Crippen molar-refractivity contribution in [2.75, 3.05) is 11.9 Å². The van der Waals surface area contributed by atoms with Crippen molar-refractivity contribution in [3.63, 3.8) is 0 Å². The number of carbonyl (C=O) groups excluding carboxylic acids is 1. The largest absolute Gasteiger partial charge is 0.508 e. The summed E-state index contributed by atoms with van der Waals surface area (Å²) in [7, 11) is 1.38. The molecule has 3 nitrogen and oxygen atoms in total. The summed E-state index contributed by atoms with van der Waals surface area (Å²) in [4.78, 5) is 13.1. The highest BCUT2D eigenvalue weighted by molar-refractivity contribution is 6.06. The minimum absolute atomic E-state index is 0.0360. The number of phenolic OH excluding ortho intramolecular Hbond substituents is 1. The van der Waals surface area contributed by atoms with Crippen LogP contribution >= 0.6 is 0 Å². The fourth-order valence-corrected chi connectivity index (χ4v) is 1.69. The van der Waals surface area contributed by atoms with Gasteiger partial charge in [0.25, 0.3) is 5.91 Å². The van der Waals surface area contributed by atoms with Crippen LogP contribution in [0.2, 0.25) is 0 Å². The van der Waals surface area contributed by atoms with Crippen LogP contribution < -0.4 is 4.90 Å². The average molecular weight is 263 g/mol. The Kier molecular flexibility index (Phi) is 3.46. The molecule has 0 aromatic heterocycles. The van der Waals surface area contributed by atoms with Crippen LogP contribution in [0.15, 0.2) is 42.5 Å². The summed E-state index contributed by atoms with van der Waals surface area (Å²) in [5.74, 6) is -2.69. The number of anilines is 1. The van der Waals surface area contributed by atoms with E-state index in [0.29, 0.717) is 5.69 Å². The van der Waals surface area contributed by atoms with Gasteiger partial charge < -0.3 is 10.0 Å². The maximum absolute atomic E-state index is 13.5. The van der Waals surface area contributed by atoms with Crippen molar-refractivity contribution in [1.29, 1.82) is 0 Å². The second-order valence-electron chi connectivity index (χ2n) is 3.98. The van der Waals surface area contributed by atoms with Crippen molar-refractivity contribution in [2.45, 2.75) is 0 Å². The number of nitrogens with zero attached hydrogens (tertiary/aromatic N) is 1. The third-order valence-corrected chi connectivity index (χ3v) is 2.70. The molecule has 0 bridgehead atoms. The van der Waals surface area contributed by atoms with Crippen LogP contribution in [0.5, 0.6) is 5.75 Å². The van der Waals surface area contributed by atoms with E-state index in [0.717, 1.165) is 17.0 Å². The molecule has 0 radical (unpaired) electrons. The highest BCUT2D eigenvalue weighted by Crippen LogP contribution is 2.22. The molecule has 0 aliphatic carbocycles. The summed E-state index contributed by atoms with van der Waals surface area (Å²) >= 11 is 0. The molecule has 0 saturated heterocycles. The first-order valence-electron chi connectivity index (χ1n) is 5.52. The molecule has 0 heterocycles. The molecular weight excluding hydrogens is 252 g/mol. The van der Waals surface area contributed by atoms with Gasteiger partial charge in [-0.3, -0.25) is 4.79 Å². The predicted octanol–water partition coefficient (Wildman–Crippen LogP) is 2.95. The van der Waals surface area contributed by atoms with Gasteiger partial charge in [0.05, 0.1) is 0 Å². The first kappa shape index (κ1) is 13.0. The van der Waals surface area contributed by atoms with Gasteiger partial charge in [-0.1, -0.05) is 12.1 Å². The zero-order valence-corrected chi connectivity index (χ0v) is 10.1. The van der Waals surface area contributed by atoms with Gasteiger partial charge in [-0.2, -0.15) is 0 Å². The number of halogens is 2. The van der Waals surface area contributed by atoms with Gasteiger partial charge in [-0.15, -0.1) is 0 Å². The number of carbonyl (C=O) groups is 1. The van der Waals surface area contributed by atoms with Crippen molar-refractivity contribution in [3.8, 4) is 5.75 Å². The second-order valence-corrected chi connectivity index (χ2v) is 3.98. The fourth-order valence-electron chi connectivity index (χ4n) is 1.69. The van der Waals surface area contributed by atoms with E-state index in [1.54, 1.807) is 6.07 Å². The third kappa shape index (κ3) is 2.54. The van der Waals surface area contributed by atoms with Crippen LogP contribution in [0.3, 0.4) is 0 Å². The van der Waals surface area contributed by atoms with Crippen molar-refractivity contribution in [3.05, 3.63) is 59.7 Å². The van der Waals surface area contributed by atoms with Gasteiger partial charge in [-0.25, -0.2) is 8.78 Å². The molecule has 1 N–H and O–H groups in total. The summed E-state index contributed by atoms with van der Waals surface area (Å²) in [5.41, 5.74) is -0.277. The van der Waals surface area contributed by atoms with Crippen LogP contribution in [0, 0.1) is 11.6 Å². The molecule has 0 atom stereocenters. The number of hydrogen-bond donors (Lipinski definition) is 1. The first-order chi connectivity index (χ1) is 9.00. The van der Waals surface area contributed by atoms with Crippen molar-refractivity contribution in [1.82, 2.24) is 0 Å². The summed E-state index contributed by atoms with van der Waals surface area (Å²) in [6.45, 7) is 0. The lowest BCUT2D eigenvalue weighted by Gasteiger charge is -2.18. The SMILES string of the molecule is CN(C(=O)c1c(F)cccc1F)c1cccc(O)c1. The Morgan fingerprint density at radius 1 is 1.11 bits per heavy atom. The zero-order chi connectivity index (χ0) is 14.0. The van der Waals surface area contributed by atoms with Crippen molar-refractivity contribution >= 4 is 11.6 Å². The van der Waals surface area contributed by atoms with E-state index < -0.39 is 23.1 Å². The quantitative estimate of drug-likeness (QED) is 0.905.